The molecule has 2 nitrogen and oxygen atoms in total. The largest absolute Gasteiger partial charge is 0.382 e. The number of ether oxygens (including phenoxy) is 1. The Morgan fingerprint density at radius 3 is 2.71 bits per heavy atom. The van der Waals surface area contributed by atoms with Crippen LogP contribution in [0.1, 0.15) is 46.0 Å². The van der Waals surface area contributed by atoms with Gasteiger partial charge in [0.1, 0.15) is 0 Å². The van der Waals surface area contributed by atoms with Gasteiger partial charge >= 0.3 is 0 Å². The number of methoxy groups -OCH3 is 1. The minimum Gasteiger partial charge on any atom is -0.382 e. The lowest BCUT2D eigenvalue weighted by atomic mass is 9.77. The molecule has 0 bridgehead atoms. The molecule has 1 fully saturated rings. The lowest BCUT2D eigenvalue weighted by Gasteiger charge is -2.32. The number of hydrogen-bond donors (Lipinski definition) is 1. The molecule has 14 heavy (non-hydrogen) atoms. The van der Waals surface area contributed by atoms with Crippen molar-refractivity contribution in [1.82, 2.24) is 0 Å². The van der Waals surface area contributed by atoms with Gasteiger partial charge in [-0.05, 0) is 38.0 Å². The fourth-order valence-corrected chi connectivity index (χ4v) is 2.54. The molecule has 1 aliphatic carbocycles. The van der Waals surface area contributed by atoms with Gasteiger partial charge in [0.15, 0.2) is 0 Å². The second-order valence-electron chi connectivity index (χ2n) is 4.98. The molecule has 2 heteroatoms. The highest BCUT2D eigenvalue weighted by atomic mass is 16.5. The smallest absolute Gasteiger partial charge is 0.0558 e. The quantitative estimate of drug-likeness (QED) is 0.755. The Morgan fingerprint density at radius 1 is 1.43 bits per heavy atom. The fraction of sp³-hybridized carbons (Fsp3) is 1.00. The summed E-state index contributed by atoms with van der Waals surface area (Å²) < 4.78 is 5.26. The summed E-state index contributed by atoms with van der Waals surface area (Å²) in [6, 6.07) is 0.340. The molecule has 1 aliphatic rings. The van der Waals surface area contributed by atoms with Gasteiger partial charge in [-0.3, -0.25) is 0 Å². The first-order valence-electron chi connectivity index (χ1n) is 5.91. The van der Waals surface area contributed by atoms with Gasteiger partial charge in [0.25, 0.3) is 0 Å². The topological polar surface area (TPSA) is 35.2 Å². The SMILES string of the molecule is COC(C)CC(N)C1CCCC(C)C1. The van der Waals surface area contributed by atoms with Gasteiger partial charge in [-0.25, -0.2) is 0 Å². The monoisotopic (exact) mass is 199 g/mol. The highest BCUT2D eigenvalue weighted by Gasteiger charge is 2.25. The molecule has 1 rings (SSSR count). The molecule has 0 aromatic carbocycles. The summed E-state index contributed by atoms with van der Waals surface area (Å²) >= 11 is 0. The highest BCUT2D eigenvalue weighted by molar-refractivity contribution is 4.80. The van der Waals surface area contributed by atoms with Crippen molar-refractivity contribution in [2.75, 3.05) is 7.11 Å². The van der Waals surface area contributed by atoms with Crippen LogP contribution in [0.2, 0.25) is 0 Å². The van der Waals surface area contributed by atoms with Crippen molar-refractivity contribution in [3.8, 4) is 0 Å². The van der Waals surface area contributed by atoms with Crippen molar-refractivity contribution in [3.05, 3.63) is 0 Å². The van der Waals surface area contributed by atoms with Crippen LogP contribution < -0.4 is 5.73 Å². The second-order valence-corrected chi connectivity index (χ2v) is 4.98. The molecule has 0 saturated heterocycles. The van der Waals surface area contributed by atoms with E-state index in [0.29, 0.717) is 12.1 Å². The average Bonchev–Trinajstić information content (AvgIpc) is 2.17. The second kappa shape index (κ2) is 5.72. The third kappa shape index (κ3) is 3.58. The van der Waals surface area contributed by atoms with E-state index in [-0.39, 0.29) is 0 Å². The van der Waals surface area contributed by atoms with E-state index in [4.69, 9.17) is 10.5 Å². The highest BCUT2D eigenvalue weighted by Crippen LogP contribution is 2.31. The molecule has 4 unspecified atom stereocenters. The molecule has 0 aromatic rings. The number of nitrogens with two attached hydrogens (primary N) is 1. The van der Waals surface area contributed by atoms with Crippen molar-refractivity contribution in [3.63, 3.8) is 0 Å². The molecule has 0 spiro atoms. The summed E-state index contributed by atoms with van der Waals surface area (Å²) in [6.45, 7) is 4.45. The standard InChI is InChI=1S/C12H25NO/c1-9-5-4-6-11(7-9)12(13)8-10(2)14-3/h9-12H,4-8,13H2,1-3H3. The van der Waals surface area contributed by atoms with Crippen molar-refractivity contribution < 1.29 is 4.74 Å². The van der Waals surface area contributed by atoms with Crippen molar-refractivity contribution in [2.45, 2.75) is 58.1 Å². The summed E-state index contributed by atoms with van der Waals surface area (Å²) in [5.41, 5.74) is 6.21. The molecule has 0 aliphatic heterocycles. The van der Waals surface area contributed by atoms with Gasteiger partial charge in [0, 0.05) is 13.2 Å². The minimum atomic E-state index is 0.308. The Morgan fingerprint density at radius 2 is 2.14 bits per heavy atom. The first kappa shape index (κ1) is 12.0. The summed E-state index contributed by atoms with van der Waals surface area (Å²) in [6.07, 6.45) is 6.71. The van der Waals surface area contributed by atoms with Crippen LogP contribution >= 0.6 is 0 Å². The van der Waals surface area contributed by atoms with E-state index < -0.39 is 0 Å². The van der Waals surface area contributed by atoms with E-state index in [2.05, 4.69) is 13.8 Å². The molecule has 0 radical (unpaired) electrons. The van der Waals surface area contributed by atoms with Gasteiger partial charge in [0.2, 0.25) is 0 Å². The van der Waals surface area contributed by atoms with Crippen LogP contribution in [0.3, 0.4) is 0 Å². The zero-order chi connectivity index (χ0) is 10.6. The first-order valence-corrected chi connectivity index (χ1v) is 5.91. The van der Waals surface area contributed by atoms with Crippen LogP contribution in [-0.2, 0) is 4.74 Å². The predicted molar refractivity (Wildman–Crippen MR) is 60.2 cm³/mol. The average molecular weight is 199 g/mol. The molecule has 0 aromatic heterocycles. The van der Waals surface area contributed by atoms with E-state index in [1.54, 1.807) is 7.11 Å². The molecular weight excluding hydrogens is 174 g/mol. The minimum absolute atomic E-state index is 0.308. The third-order valence-electron chi connectivity index (χ3n) is 3.59. The third-order valence-corrected chi connectivity index (χ3v) is 3.59. The molecule has 1 saturated carbocycles. The van der Waals surface area contributed by atoms with Crippen molar-refractivity contribution in [1.29, 1.82) is 0 Å². The van der Waals surface area contributed by atoms with Crippen LogP contribution in [-0.4, -0.2) is 19.3 Å². The lowest BCUT2D eigenvalue weighted by molar-refractivity contribution is 0.0915. The molecule has 84 valence electrons. The zero-order valence-corrected chi connectivity index (χ0v) is 9.83. The summed E-state index contributed by atoms with van der Waals surface area (Å²) in [5, 5.41) is 0. The van der Waals surface area contributed by atoms with Gasteiger partial charge in [-0.1, -0.05) is 19.8 Å². The summed E-state index contributed by atoms with van der Waals surface area (Å²) in [7, 11) is 1.76. The van der Waals surface area contributed by atoms with Gasteiger partial charge in [-0.15, -0.1) is 0 Å². The maximum absolute atomic E-state index is 6.21. The van der Waals surface area contributed by atoms with Gasteiger partial charge < -0.3 is 10.5 Å². The van der Waals surface area contributed by atoms with E-state index in [1.165, 1.54) is 25.7 Å². The fourth-order valence-electron chi connectivity index (χ4n) is 2.54. The Bertz CT molecular complexity index is 160. The maximum Gasteiger partial charge on any atom is 0.0558 e. The molecule has 2 N–H and O–H groups in total. The van der Waals surface area contributed by atoms with E-state index in [1.807, 2.05) is 0 Å². The van der Waals surface area contributed by atoms with Crippen molar-refractivity contribution in [2.24, 2.45) is 17.6 Å². The van der Waals surface area contributed by atoms with Gasteiger partial charge in [-0.2, -0.15) is 0 Å². The van der Waals surface area contributed by atoms with Crippen LogP contribution in [0.5, 0.6) is 0 Å². The van der Waals surface area contributed by atoms with Crippen molar-refractivity contribution >= 4 is 0 Å². The normalized spacial score (nSPS) is 32.6. The Kier molecular flexibility index (Phi) is 4.90. The van der Waals surface area contributed by atoms with E-state index in [9.17, 15) is 0 Å². The molecule has 0 amide bonds. The van der Waals surface area contributed by atoms with Crippen LogP contribution in [0.25, 0.3) is 0 Å². The molecule has 0 heterocycles. The van der Waals surface area contributed by atoms with Gasteiger partial charge in [0.05, 0.1) is 6.10 Å². The number of hydrogen-bond acceptors (Lipinski definition) is 2. The maximum atomic E-state index is 6.21. The molecule has 4 atom stereocenters. The number of rotatable bonds is 4. The Labute approximate surface area is 88.2 Å². The molecular formula is C12H25NO. The van der Waals surface area contributed by atoms with Crippen LogP contribution in [0, 0.1) is 11.8 Å². The lowest BCUT2D eigenvalue weighted by Crippen LogP contribution is -2.36. The predicted octanol–water partition coefficient (Wildman–Crippen LogP) is 2.57. The van der Waals surface area contributed by atoms with Crippen LogP contribution in [0.4, 0.5) is 0 Å². The van der Waals surface area contributed by atoms with Crippen LogP contribution in [0.15, 0.2) is 0 Å². The summed E-state index contributed by atoms with van der Waals surface area (Å²) in [5.74, 6) is 1.61. The summed E-state index contributed by atoms with van der Waals surface area (Å²) in [4.78, 5) is 0. The Balaban J connectivity index is 2.31. The zero-order valence-electron chi connectivity index (χ0n) is 9.83. The Hall–Kier alpha value is -0.0800. The van der Waals surface area contributed by atoms with E-state index in [0.717, 1.165) is 18.3 Å². The first-order chi connectivity index (χ1) is 6.63. The van der Waals surface area contributed by atoms with E-state index >= 15 is 0 Å².